The first kappa shape index (κ1) is 17.7. The summed E-state index contributed by atoms with van der Waals surface area (Å²) in [6, 6.07) is 14.8. The Morgan fingerprint density at radius 1 is 1.13 bits per heavy atom. The Hall–Kier alpha value is -1.65. The molecule has 0 unspecified atom stereocenters. The molecule has 23 heavy (non-hydrogen) atoms. The summed E-state index contributed by atoms with van der Waals surface area (Å²) in [6.45, 7) is 0.663. The minimum absolute atomic E-state index is 0.0651. The Balaban J connectivity index is 1.58. The lowest BCUT2D eigenvalue weighted by Crippen LogP contribution is -2.24. The van der Waals surface area contributed by atoms with Crippen LogP contribution in [0, 0.1) is 0 Å². The quantitative estimate of drug-likeness (QED) is 0.552. The van der Waals surface area contributed by atoms with E-state index in [0.29, 0.717) is 18.7 Å². The van der Waals surface area contributed by atoms with E-state index in [1.165, 1.54) is 0 Å². The summed E-state index contributed by atoms with van der Waals surface area (Å²) in [5, 5.41) is 12.9. The summed E-state index contributed by atoms with van der Waals surface area (Å²) in [7, 11) is 0. The molecule has 2 aromatic carbocycles. The molecule has 0 heterocycles. The molecule has 0 radical (unpaired) electrons. The van der Waals surface area contributed by atoms with Gasteiger partial charge in [0.15, 0.2) is 0 Å². The number of phenols is 1. The molecule has 0 aliphatic heterocycles. The van der Waals surface area contributed by atoms with Gasteiger partial charge >= 0.3 is 0 Å². The molecule has 2 aromatic rings. The second kappa shape index (κ2) is 9.48. The Morgan fingerprint density at radius 3 is 2.61 bits per heavy atom. The molecular weight excluding hydrogens is 330 g/mol. The largest absolute Gasteiger partial charge is 0.508 e. The highest BCUT2D eigenvalue weighted by Crippen LogP contribution is 2.26. The molecule has 0 spiro atoms. The average Bonchev–Trinajstić information content (AvgIpc) is 2.55. The molecule has 0 atom stereocenters. The van der Waals surface area contributed by atoms with Crippen LogP contribution >= 0.6 is 23.4 Å². The number of aromatic hydroxyl groups is 1. The molecular formula is C18H20ClNO2S. The van der Waals surface area contributed by atoms with Crippen LogP contribution in [0.4, 0.5) is 0 Å². The fourth-order valence-corrected chi connectivity index (χ4v) is 3.27. The lowest BCUT2D eigenvalue weighted by molar-refractivity contribution is -0.120. The molecule has 2 N–H and O–H groups in total. The fraction of sp³-hybridized carbons (Fsp3) is 0.278. The van der Waals surface area contributed by atoms with Gasteiger partial charge in [-0.25, -0.2) is 0 Å². The number of hydrogen-bond donors (Lipinski definition) is 2. The van der Waals surface area contributed by atoms with Crippen molar-refractivity contribution >= 4 is 29.3 Å². The van der Waals surface area contributed by atoms with Gasteiger partial charge in [0.2, 0.25) is 5.91 Å². The highest BCUT2D eigenvalue weighted by molar-refractivity contribution is 7.99. The molecule has 0 bridgehead atoms. The first-order valence-electron chi connectivity index (χ1n) is 7.57. The van der Waals surface area contributed by atoms with Crippen molar-refractivity contribution in [2.75, 3.05) is 12.3 Å². The van der Waals surface area contributed by atoms with Crippen molar-refractivity contribution in [3.63, 3.8) is 0 Å². The van der Waals surface area contributed by atoms with Crippen molar-refractivity contribution < 1.29 is 9.90 Å². The van der Waals surface area contributed by atoms with E-state index >= 15 is 0 Å². The number of benzene rings is 2. The highest BCUT2D eigenvalue weighted by atomic mass is 35.5. The molecule has 0 saturated heterocycles. The zero-order valence-corrected chi connectivity index (χ0v) is 14.4. The van der Waals surface area contributed by atoms with Crippen LogP contribution in [0.15, 0.2) is 53.4 Å². The number of nitrogens with one attached hydrogen (secondary N) is 1. The van der Waals surface area contributed by atoms with Crippen LogP contribution in [-0.4, -0.2) is 23.3 Å². The zero-order chi connectivity index (χ0) is 16.5. The van der Waals surface area contributed by atoms with Gasteiger partial charge < -0.3 is 10.4 Å². The topological polar surface area (TPSA) is 49.3 Å². The number of thioether (sulfide) groups is 1. The van der Waals surface area contributed by atoms with Crippen molar-refractivity contribution in [1.29, 1.82) is 0 Å². The average molecular weight is 350 g/mol. The molecule has 2 rings (SSSR count). The van der Waals surface area contributed by atoms with E-state index in [2.05, 4.69) is 5.32 Å². The van der Waals surface area contributed by atoms with E-state index in [0.717, 1.165) is 28.3 Å². The van der Waals surface area contributed by atoms with E-state index in [-0.39, 0.29) is 11.7 Å². The van der Waals surface area contributed by atoms with Crippen LogP contribution in [-0.2, 0) is 11.2 Å². The van der Waals surface area contributed by atoms with Gasteiger partial charge in [-0.05, 0) is 42.7 Å². The van der Waals surface area contributed by atoms with Crippen molar-refractivity contribution in [2.24, 2.45) is 0 Å². The summed E-state index contributed by atoms with van der Waals surface area (Å²) in [5.74, 6) is 1.06. The van der Waals surface area contributed by atoms with Crippen LogP contribution in [0.3, 0.4) is 0 Å². The van der Waals surface area contributed by atoms with Crippen molar-refractivity contribution in [3.05, 3.63) is 59.1 Å². The van der Waals surface area contributed by atoms with E-state index in [9.17, 15) is 9.90 Å². The highest BCUT2D eigenvalue weighted by Gasteiger charge is 2.04. The van der Waals surface area contributed by atoms with Crippen LogP contribution in [0.1, 0.15) is 18.4 Å². The first-order valence-corrected chi connectivity index (χ1v) is 8.93. The molecule has 122 valence electrons. The van der Waals surface area contributed by atoms with E-state index < -0.39 is 0 Å². The lowest BCUT2D eigenvalue weighted by Gasteiger charge is -2.06. The first-order chi connectivity index (χ1) is 11.1. The van der Waals surface area contributed by atoms with Crippen LogP contribution in [0.5, 0.6) is 5.75 Å². The third kappa shape index (κ3) is 6.55. The molecule has 0 aliphatic rings. The molecule has 0 fully saturated rings. The van der Waals surface area contributed by atoms with Gasteiger partial charge in [-0.1, -0.05) is 35.9 Å². The molecule has 5 heteroatoms. The summed E-state index contributed by atoms with van der Waals surface area (Å²) >= 11 is 7.67. The Labute approximate surface area is 146 Å². The third-order valence-corrected chi connectivity index (χ3v) is 4.84. The molecule has 0 aliphatic carbocycles. The number of hydrogen-bond acceptors (Lipinski definition) is 3. The van der Waals surface area contributed by atoms with Crippen molar-refractivity contribution in [3.8, 4) is 5.75 Å². The monoisotopic (exact) mass is 349 g/mol. The maximum absolute atomic E-state index is 11.8. The third-order valence-electron chi connectivity index (χ3n) is 3.32. The summed E-state index contributed by atoms with van der Waals surface area (Å²) in [4.78, 5) is 12.8. The summed E-state index contributed by atoms with van der Waals surface area (Å²) in [6.07, 6.45) is 2.25. The normalized spacial score (nSPS) is 10.5. The molecule has 0 saturated carbocycles. The second-order valence-corrected chi connectivity index (χ2v) is 6.69. The number of carbonyl (C=O) groups excluding carboxylic acids is 1. The Morgan fingerprint density at radius 2 is 1.87 bits per heavy atom. The van der Waals surface area contributed by atoms with Gasteiger partial charge in [0.25, 0.3) is 0 Å². The van der Waals surface area contributed by atoms with Gasteiger partial charge in [-0.2, -0.15) is 0 Å². The number of carbonyl (C=O) groups is 1. The van der Waals surface area contributed by atoms with Crippen molar-refractivity contribution in [1.82, 2.24) is 5.32 Å². The number of halogens is 1. The molecule has 0 aromatic heterocycles. The van der Waals surface area contributed by atoms with Gasteiger partial charge in [-0.3, -0.25) is 4.79 Å². The second-order valence-electron chi connectivity index (χ2n) is 5.15. The van der Waals surface area contributed by atoms with E-state index in [4.69, 9.17) is 11.6 Å². The van der Waals surface area contributed by atoms with Gasteiger partial charge in [0.1, 0.15) is 5.75 Å². The smallest absolute Gasteiger partial charge is 0.220 e. The van der Waals surface area contributed by atoms with Crippen molar-refractivity contribution in [2.45, 2.75) is 24.2 Å². The Bertz CT molecular complexity index is 631. The number of rotatable bonds is 8. The number of aryl methyl sites for hydroxylation is 1. The maximum atomic E-state index is 11.8. The Kier molecular flexibility index (Phi) is 7.30. The predicted molar refractivity (Wildman–Crippen MR) is 96.2 cm³/mol. The van der Waals surface area contributed by atoms with E-state index in [1.54, 1.807) is 23.9 Å². The predicted octanol–water partition coefficient (Wildman–Crippen LogP) is 4.28. The SMILES string of the molecule is O=C(CCSc1ccccc1Cl)NCCCc1ccc(O)cc1. The minimum atomic E-state index is 0.0651. The van der Waals surface area contributed by atoms with Crippen LogP contribution in [0.25, 0.3) is 0 Å². The lowest BCUT2D eigenvalue weighted by atomic mass is 10.1. The molecule has 3 nitrogen and oxygen atoms in total. The molecule has 1 amide bonds. The summed E-state index contributed by atoms with van der Waals surface area (Å²) < 4.78 is 0. The maximum Gasteiger partial charge on any atom is 0.220 e. The number of amides is 1. The zero-order valence-electron chi connectivity index (χ0n) is 12.8. The number of phenolic OH excluding ortho intramolecular Hbond substituents is 1. The minimum Gasteiger partial charge on any atom is -0.508 e. The standard InChI is InChI=1S/C18H20ClNO2S/c19-16-5-1-2-6-17(16)23-13-11-18(22)20-12-3-4-14-7-9-15(21)10-8-14/h1-2,5-10,21H,3-4,11-13H2,(H,20,22). The van der Waals surface area contributed by atoms with Gasteiger partial charge in [-0.15, -0.1) is 11.8 Å². The summed E-state index contributed by atoms with van der Waals surface area (Å²) in [5.41, 5.74) is 1.16. The van der Waals surface area contributed by atoms with Gasteiger partial charge in [0, 0.05) is 23.6 Å². The van der Waals surface area contributed by atoms with Gasteiger partial charge in [0.05, 0.1) is 5.02 Å². The van der Waals surface area contributed by atoms with Crippen LogP contribution < -0.4 is 5.32 Å². The fourth-order valence-electron chi connectivity index (χ4n) is 2.09. The van der Waals surface area contributed by atoms with E-state index in [1.807, 2.05) is 36.4 Å². The van der Waals surface area contributed by atoms with Crippen LogP contribution in [0.2, 0.25) is 5.02 Å².